The average Bonchev–Trinajstić information content (AvgIpc) is 2.87. The molecule has 0 radical (unpaired) electrons. The maximum Gasteiger partial charge on any atom is 0.264 e. The average molecular weight is 570 g/mol. The topological polar surface area (TPSA) is 86.8 Å². The van der Waals surface area contributed by atoms with Crippen molar-refractivity contribution in [1.82, 2.24) is 10.2 Å². The van der Waals surface area contributed by atoms with Gasteiger partial charge in [0.1, 0.15) is 12.6 Å². The highest BCUT2D eigenvalue weighted by atomic mass is 35.5. The molecule has 0 fully saturated rings. The van der Waals surface area contributed by atoms with Crippen molar-refractivity contribution in [1.29, 1.82) is 0 Å². The lowest BCUT2D eigenvalue weighted by Crippen LogP contribution is -2.55. The van der Waals surface area contributed by atoms with Crippen molar-refractivity contribution in [2.45, 2.75) is 64.1 Å². The van der Waals surface area contributed by atoms with Crippen LogP contribution >= 0.6 is 11.6 Å². The monoisotopic (exact) mass is 569 g/mol. The van der Waals surface area contributed by atoms with E-state index in [1.165, 1.54) is 17.0 Å². The Hall–Kier alpha value is -3.36. The fourth-order valence-electron chi connectivity index (χ4n) is 4.14. The first-order valence-corrected chi connectivity index (χ1v) is 14.6. The number of rotatable bonds is 10. The van der Waals surface area contributed by atoms with Gasteiger partial charge in [-0.25, -0.2) is 8.42 Å². The van der Waals surface area contributed by atoms with E-state index in [1.807, 2.05) is 34.6 Å². The Kier molecular flexibility index (Phi) is 9.80. The van der Waals surface area contributed by atoms with Crippen molar-refractivity contribution in [2.75, 3.05) is 10.8 Å². The molecular formula is C30H36ClN3O4S. The highest BCUT2D eigenvalue weighted by molar-refractivity contribution is 7.92. The number of halogens is 1. The summed E-state index contributed by atoms with van der Waals surface area (Å²) in [6, 6.07) is 21.2. The van der Waals surface area contributed by atoms with E-state index in [2.05, 4.69) is 5.32 Å². The number of sulfonamides is 1. The minimum Gasteiger partial charge on any atom is -0.350 e. The quantitative estimate of drug-likeness (QED) is 0.346. The molecule has 0 aromatic heterocycles. The van der Waals surface area contributed by atoms with E-state index in [4.69, 9.17) is 11.6 Å². The van der Waals surface area contributed by atoms with Gasteiger partial charge in [-0.05, 0) is 70.0 Å². The largest absolute Gasteiger partial charge is 0.350 e. The number of amides is 2. The van der Waals surface area contributed by atoms with Crippen LogP contribution in [0.5, 0.6) is 0 Å². The first-order chi connectivity index (χ1) is 18.3. The number of nitrogens with zero attached hydrogens (tertiary/aromatic N) is 2. The van der Waals surface area contributed by atoms with Crippen LogP contribution in [0, 0.1) is 6.92 Å². The van der Waals surface area contributed by atoms with Crippen molar-refractivity contribution in [3.63, 3.8) is 0 Å². The lowest BCUT2D eigenvalue weighted by Gasteiger charge is -2.35. The molecule has 2 amide bonds. The van der Waals surface area contributed by atoms with Gasteiger partial charge < -0.3 is 10.2 Å². The van der Waals surface area contributed by atoms with Gasteiger partial charge >= 0.3 is 0 Å². The molecule has 0 aliphatic carbocycles. The summed E-state index contributed by atoms with van der Waals surface area (Å²) in [5.41, 5.74) is 1.39. The third-order valence-corrected chi connectivity index (χ3v) is 8.27. The molecule has 0 bridgehead atoms. The molecule has 9 heteroatoms. The first-order valence-electron chi connectivity index (χ1n) is 12.8. The van der Waals surface area contributed by atoms with E-state index < -0.39 is 34.1 Å². The van der Waals surface area contributed by atoms with Crippen molar-refractivity contribution in [3.05, 3.63) is 95.0 Å². The number of nitrogens with one attached hydrogen (secondary N) is 1. The molecule has 0 saturated heterocycles. The number of para-hydroxylation sites is 1. The van der Waals surface area contributed by atoms with E-state index in [9.17, 15) is 18.0 Å². The summed E-state index contributed by atoms with van der Waals surface area (Å²) < 4.78 is 28.8. The number of aryl methyl sites for hydroxylation is 1. The summed E-state index contributed by atoms with van der Waals surface area (Å²) in [6.07, 6.45) is 0.328. The number of hydrogen-bond donors (Lipinski definition) is 1. The summed E-state index contributed by atoms with van der Waals surface area (Å²) in [6.45, 7) is 8.83. The molecule has 3 aromatic rings. The molecule has 1 N–H and O–H groups in total. The maximum absolute atomic E-state index is 14.0. The van der Waals surface area contributed by atoms with Crippen LogP contribution in [-0.4, -0.2) is 43.3 Å². The lowest BCUT2D eigenvalue weighted by atomic mass is 10.1. The Morgan fingerprint density at radius 2 is 1.51 bits per heavy atom. The summed E-state index contributed by atoms with van der Waals surface area (Å²) in [5.74, 6) is -0.844. The van der Waals surface area contributed by atoms with Gasteiger partial charge in [-0.2, -0.15) is 0 Å². The fraction of sp³-hybridized carbons (Fsp3) is 0.333. The van der Waals surface area contributed by atoms with Gasteiger partial charge in [0.15, 0.2) is 0 Å². The van der Waals surface area contributed by atoms with Crippen LogP contribution in [0.4, 0.5) is 5.69 Å². The summed E-state index contributed by atoms with van der Waals surface area (Å²) in [4.78, 5) is 28.9. The Morgan fingerprint density at radius 3 is 2.08 bits per heavy atom. The molecule has 0 aliphatic rings. The van der Waals surface area contributed by atoms with Crippen LogP contribution < -0.4 is 9.62 Å². The molecular weight excluding hydrogens is 534 g/mol. The second kappa shape index (κ2) is 12.7. The Labute approximate surface area is 236 Å². The van der Waals surface area contributed by atoms with Crippen LogP contribution in [0.3, 0.4) is 0 Å². The molecule has 0 saturated carbocycles. The molecule has 0 aliphatic heterocycles. The van der Waals surface area contributed by atoms with Crippen molar-refractivity contribution in [3.8, 4) is 0 Å². The standard InChI is InChI=1S/C30H36ClN3O4S/c1-6-27(29(36)32-30(3,4)5)33(20-23-12-10-11-15-26(23)31)28(35)21-34(24-13-8-7-9-14-24)39(37,38)25-18-16-22(2)17-19-25/h7-19,27H,6,20-21H2,1-5H3,(H,32,36)/t27-/m1/s1. The highest BCUT2D eigenvalue weighted by Gasteiger charge is 2.34. The third kappa shape index (κ3) is 7.83. The van der Waals surface area contributed by atoms with Gasteiger partial charge in [-0.15, -0.1) is 0 Å². The Morgan fingerprint density at radius 1 is 0.923 bits per heavy atom. The number of benzene rings is 3. The van der Waals surface area contributed by atoms with Crippen LogP contribution in [0.2, 0.25) is 5.02 Å². The van der Waals surface area contributed by atoms with Gasteiger partial charge in [0.25, 0.3) is 10.0 Å². The normalized spacial score (nSPS) is 12.5. The third-order valence-electron chi connectivity index (χ3n) is 6.11. The molecule has 3 aromatic carbocycles. The number of anilines is 1. The van der Waals surface area contributed by atoms with Crippen LogP contribution in [0.25, 0.3) is 0 Å². The fourth-order valence-corrected chi connectivity index (χ4v) is 5.75. The zero-order valence-corrected chi connectivity index (χ0v) is 24.6. The number of hydrogen-bond acceptors (Lipinski definition) is 4. The van der Waals surface area contributed by atoms with E-state index in [1.54, 1.807) is 66.7 Å². The summed E-state index contributed by atoms with van der Waals surface area (Å²) in [7, 11) is -4.10. The minimum absolute atomic E-state index is 0.0434. The zero-order valence-electron chi connectivity index (χ0n) is 23.0. The van der Waals surface area contributed by atoms with Crippen LogP contribution in [0.15, 0.2) is 83.8 Å². The molecule has 39 heavy (non-hydrogen) atoms. The molecule has 0 spiro atoms. The molecule has 0 heterocycles. The SMILES string of the molecule is CC[C@H](C(=O)NC(C)(C)C)N(Cc1ccccc1Cl)C(=O)CN(c1ccccc1)S(=O)(=O)c1ccc(C)cc1. The molecule has 3 rings (SSSR count). The van der Waals surface area contributed by atoms with Gasteiger partial charge in [0.2, 0.25) is 11.8 Å². The maximum atomic E-state index is 14.0. The van der Waals surface area contributed by atoms with Crippen molar-refractivity contribution < 1.29 is 18.0 Å². The van der Waals surface area contributed by atoms with E-state index in [0.29, 0.717) is 22.7 Å². The Balaban J connectivity index is 2.06. The van der Waals surface area contributed by atoms with Gasteiger partial charge in [-0.3, -0.25) is 13.9 Å². The molecule has 1 atom stereocenters. The highest BCUT2D eigenvalue weighted by Crippen LogP contribution is 2.26. The second-order valence-electron chi connectivity index (χ2n) is 10.4. The predicted molar refractivity (Wildman–Crippen MR) is 156 cm³/mol. The van der Waals surface area contributed by atoms with Crippen molar-refractivity contribution in [2.24, 2.45) is 0 Å². The molecule has 7 nitrogen and oxygen atoms in total. The first kappa shape index (κ1) is 30.2. The van der Waals surface area contributed by atoms with Gasteiger partial charge in [-0.1, -0.05) is 72.6 Å². The summed E-state index contributed by atoms with van der Waals surface area (Å²) in [5, 5.41) is 3.41. The smallest absolute Gasteiger partial charge is 0.264 e. The minimum atomic E-state index is -4.10. The second-order valence-corrected chi connectivity index (χ2v) is 12.7. The molecule has 208 valence electrons. The lowest BCUT2D eigenvalue weighted by molar-refractivity contribution is -0.141. The zero-order chi connectivity index (χ0) is 28.8. The number of carbonyl (C=O) groups is 2. The van der Waals surface area contributed by atoms with Crippen LogP contribution in [-0.2, 0) is 26.2 Å². The van der Waals surface area contributed by atoms with Gasteiger partial charge in [0, 0.05) is 17.1 Å². The van der Waals surface area contributed by atoms with Crippen LogP contribution in [0.1, 0.15) is 45.2 Å². The van der Waals surface area contributed by atoms with Crippen molar-refractivity contribution >= 4 is 39.1 Å². The Bertz CT molecular complexity index is 1390. The van der Waals surface area contributed by atoms with E-state index >= 15 is 0 Å². The predicted octanol–water partition coefficient (Wildman–Crippen LogP) is 5.57. The van der Waals surface area contributed by atoms with E-state index in [0.717, 1.165) is 9.87 Å². The molecule has 0 unspecified atom stereocenters. The summed E-state index contributed by atoms with van der Waals surface area (Å²) >= 11 is 6.43. The van der Waals surface area contributed by atoms with E-state index in [-0.39, 0.29) is 17.3 Å². The number of carbonyl (C=O) groups excluding carboxylic acids is 2. The van der Waals surface area contributed by atoms with Gasteiger partial charge in [0.05, 0.1) is 10.6 Å².